The molecule has 2 aromatic heterocycles. The highest BCUT2D eigenvalue weighted by Crippen LogP contribution is 2.30. The molecule has 0 radical (unpaired) electrons. The Bertz CT molecular complexity index is 741. The number of halogens is 2. The largest absolute Gasteiger partial charge is 0.383 e. The van der Waals surface area contributed by atoms with Crippen LogP contribution in [0, 0.1) is 5.82 Å². The second-order valence-corrected chi connectivity index (χ2v) is 5.03. The zero-order valence-electron chi connectivity index (χ0n) is 9.79. The van der Waals surface area contributed by atoms with Gasteiger partial charge >= 0.3 is 0 Å². The van der Waals surface area contributed by atoms with E-state index < -0.39 is 11.9 Å². The van der Waals surface area contributed by atoms with E-state index in [1.165, 1.54) is 0 Å². The topological polar surface area (TPSA) is 37.5 Å². The second-order valence-electron chi connectivity index (χ2n) is 4.18. The van der Waals surface area contributed by atoms with Crippen molar-refractivity contribution >= 4 is 21.4 Å². The van der Waals surface area contributed by atoms with Gasteiger partial charge in [-0.2, -0.15) is 5.10 Å². The van der Waals surface area contributed by atoms with Crippen LogP contribution in [0.1, 0.15) is 17.2 Å². The van der Waals surface area contributed by atoms with Gasteiger partial charge in [-0.25, -0.2) is 8.91 Å². The Morgan fingerprint density at radius 2 is 2.00 bits per heavy atom. The highest BCUT2D eigenvalue weighted by Gasteiger charge is 2.19. The molecule has 3 aromatic rings. The Morgan fingerprint density at radius 1 is 1.16 bits per heavy atom. The van der Waals surface area contributed by atoms with Crippen molar-refractivity contribution in [2.24, 2.45) is 0 Å². The van der Waals surface area contributed by atoms with Gasteiger partial charge < -0.3 is 5.11 Å². The lowest BCUT2D eigenvalue weighted by Crippen LogP contribution is -2.02. The van der Waals surface area contributed by atoms with Crippen molar-refractivity contribution in [1.82, 2.24) is 9.61 Å². The minimum absolute atomic E-state index is 0.230. The predicted octanol–water partition coefficient (Wildman–Crippen LogP) is 3.32. The van der Waals surface area contributed by atoms with Crippen LogP contribution in [0.5, 0.6) is 0 Å². The Morgan fingerprint density at radius 3 is 2.84 bits per heavy atom. The fourth-order valence-electron chi connectivity index (χ4n) is 2.06. The van der Waals surface area contributed by atoms with Crippen molar-refractivity contribution in [3.8, 4) is 0 Å². The number of benzene rings is 1. The Hall–Kier alpha value is -1.72. The maximum absolute atomic E-state index is 14.0. The number of aliphatic hydroxyl groups excluding tert-OH is 1. The monoisotopic (exact) mass is 320 g/mol. The molecule has 3 rings (SSSR count). The SMILES string of the molecule is OC(c1cccc(Br)c1F)c1cnn2ccccc12. The van der Waals surface area contributed by atoms with Crippen molar-refractivity contribution in [1.29, 1.82) is 0 Å². The molecule has 0 bridgehead atoms. The third-order valence-corrected chi connectivity index (χ3v) is 3.64. The molecule has 1 N–H and O–H groups in total. The molecule has 0 saturated carbocycles. The third-order valence-electron chi connectivity index (χ3n) is 3.03. The molecular weight excluding hydrogens is 311 g/mol. The summed E-state index contributed by atoms with van der Waals surface area (Å²) in [5.41, 5.74) is 1.57. The van der Waals surface area contributed by atoms with Gasteiger partial charge in [0.25, 0.3) is 0 Å². The van der Waals surface area contributed by atoms with E-state index in [1.807, 2.05) is 18.2 Å². The van der Waals surface area contributed by atoms with E-state index >= 15 is 0 Å². The smallest absolute Gasteiger partial charge is 0.143 e. The van der Waals surface area contributed by atoms with Crippen LogP contribution in [0.3, 0.4) is 0 Å². The number of fused-ring (bicyclic) bond motifs is 1. The molecule has 1 atom stereocenters. The lowest BCUT2D eigenvalue weighted by molar-refractivity contribution is 0.216. The van der Waals surface area contributed by atoms with E-state index in [4.69, 9.17) is 0 Å². The first kappa shape index (κ1) is 12.3. The van der Waals surface area contributed by atoms with Gasteiger partial charge in [-0.15, -0.1) is 0 Å². The number of rotatable bonds is 2. The number of pyridine rings is 1. The van der Waals surface area contributed by atoms with Crippen LogP contribution >= 0.6 is 15.9 Å². The summed E-state index contributed by atoms with van der Waals surface area (Å²) in [6.07, 6.45) is 2.29. The van der Waals surface area contributed by atoms with Crippen molar-refractivity contribution < 1.29 is 9.50 Å². The first-order chi connectivity index (χ1) is 9.18. The minimum atomic E-state index is -1.04. The lowest BCUT2D eigenvalue weighted by atomic mass is 10.0. The molecule has 0 aliphatic heterocycles. The van der Waals surface area contributed by atoms with Crippen LogP contribution in [0.4, 0.5) is 4.39 Å². The van der Waals surface area contributed by atoms with Gasteiger partial charge in [0.1, 0.15) is 11.9 Å². The van der Waals surface area contributed by atoms with E-state index in [9.17, 15) is 9.50 Å². The third kappa shape index (κ3) is 2.05. The zero-order chi connectivity index (χ0) is 13.4. The fourth-order valence-corrected chi connectivity index (χ4v) is 2.45. The molecule has 96 valence electrons. The van der Waals surface area contributed by atoms with Gasteiger partial charge in [0, 0.05) is 17.3 Å². The maximum atomic E-state index is 14.0. The molecule has 0 saturated heterocycles. The van der Waals surface area contributed by atoms with Crippen LogP contribution in [0.25, 0.3) is 5.52 Å². The summed E-state index contributed by atoms with van der Waals surface area (Å²) in [4.78, 5) is 0. The second kappa shape index (κ2) is 4.75. The number of hydrogen-bond donors (Lipinski definition) is 1. The van der Waals surface area contributed by atoms with Crippen LogP contribution in [0.2, 0.25) is 0 Å². The van der Waals surface area contributed by atoms with Crippen LogP contribution < -0.4 is 0 Å². The highest BCUT2D eigenvalue weighted by atomic mass is 79.9. The zero-order valence-corrected chi connectivity index (χ0v) is 11.4. The van der Waals surface area contributed by atoms with E-state index in [0.29, 0.717) is 10.0 Å². The molecule has 0 aliphatic rings. The van der Waals surface area contributed by atoms with Crippen LogP contribution in [-0.4, -0.2) is 14.7 Å². The molecule has 2 heterocycles. The average molecular weight is 321 g/mol. The molecule has 1 aromatic carbocycles. The number of nitrogens with zero attached hydrogens (tertiary/aromatic N) is 2. The minimum Gasteiger partial charge on any atom is -0.383 e. The molecule has 5 heteroatoms. The number of aliphatic hydroxyl groups is 1. The Kier molecular flexibility index (Phi) is 3.08. The molecule has 1 unspecified atom stereocenters. The average Bonchev–Trinajstić information content (AvgIpc) is 2.85. The van der Waals surface area contributed by atoms with Gasteiger partial charge in [-0.1, -0.05) is 18.2 Å². The van der Waals surface area contributed by atoms with Crippen LogP contribution in [-0.2, 0) is 0 Å². The molecule has 0 amide bonds. The van der Waals surface area contributed by atoms with E-state index in [0.717, 1.165) is 5.52 Å². The van der Waals surface area contributed by atoms with Crippen molar-refractivity contribution in [3.63, 3.8) is 0 Å². The van der Waals surface area contributed by atoms with E-state index in [-0.39, 0.29) is 5.56 Å². The number of hydrogen-bond acceptors (Lipinski definition) is 2. The quantitative estimate of drug-likeness (QED) is 0.786. The van der Waals surface area contributed by atoms with E-state index in [1.54, 1.807) is 35.1 Å². The standard InChI is InChI=1S/C14H10BrFN2O/c15-11-5-3-4-9(13(11)16)14(19)10-8-17-18-7-2-1-6-12(10)18/h1-8,14,19H. The summed E-state index contributed by atoms with van der Waals surface area (Å²) in [5.74, 6) is -0.453. The first-order valence-electron chi connectivity index (χ1n) is 5.72. The Labute approximate surface area is 117 Å². The van der Waals surface area contributed by atoms with Gasteiger partial charge in [0.15, 0.2) is 0 Å². The molecule has 0 fully saturated rings. The van der Waals surface area contributed by atoms with Crippen molar-refractivity contribution in [2.45, 2.75) is 6.10 Å². The van der Waals surface area contributed by atoms with Crippen LogP contribution in [0.15, 0.2) is 53.3 Å². The molecular formula is C14H10BrFN2O. The van der Waals surface area contributed by atoms with E-state index in [2.05, 4.69) is 21.0 Å². The lowest BCUT2D eigenvalue weighted by Gasteiger charge is -2.11. The molecule has 0 aliphatic carbocycles. The Balaban J connectivity index is 2.13. The van der Waals surface area contributed by atoms with Gasteiger partial charge in [-0.3, -0.25) is 0 Å². The summed E-state index contributed by atoms with van der Waals surface area (Å²) in [5, 5.41) is 14.5. The molecule has 19 heavy (non-hydrogen) atoms. The summed E-state index contributed by atoms with van der Waals surface area (Å²) >= 11 is 3.12. The maximum Gasteiger partial charge on any atom is 0.143 e. The van der Waals surface area contributed by atoms with Gasteiger partial charge in [0.2, 0.25) is 0 Å². The normalized spacial score (nSPS) is 12.8. The summed E-state index contributed by atoms with van der Waals surface area (Å²) < 4.78 is 16.0. The first-order valence-corrected chi connectivity index (χ1v) is 6.52. The predicted molar refractivity (Wildman–Crippen MR) is 73.4 cm³/mol. The number of aromatic nitrogens is 2. The summed E-state index contributed by atoms with van der Waals surface area (Å²) in [6, 6.07) is 10.4. The molecule has 0 spiro atoms. The highest BCUT2D eigenvalue weighted by molar-refractivity contribution is 9.10. The summed E-state index contributed by atoms with van der Waals surface area (Å²) in [6.45, 7) is 0. The van der Waals surface area contributed by atoms with Gasteiger partial charge in [0.05, 0.1) is 16.2 Å². The summed E-state index contributed by atoms with van der Waals surface area (Å²) in [7, 11) is 0. The fraction of sp³-hybridized carbons (Fsp3) is 0.0714. The van der Waals surface area contributed by atoms with Gasteiger partial charge in [-0.05, 0) is 34.1 Å². The van der Waals surface area contributed by atoms with Crippen molar-refractivity contribution in [2.75, 3.05) is 0 Å². The van der Waals surface area contributed by atoms with Crippen molar-refractivity contribution in [3.05, 3.63) is 70.2 Å². The molecule has 3 nitrogen and oxygen atoms in total.